The van der Waals surface area contributed by atoms with Crippen LogP contribution in [-0.2, 0) is 4.79 Å². The molecule has 0 aromatic heterocycles. The van der Waals surface area contributed by atoms with Gasteiger partial charge in [-0.25, -0.2) is 0 Å². The second-order valence-corrected chi connectivity index (χ2v) is 2.27. The maximum atomic E-state index is 11.0. The van der Waals surface area contributed by atoms with Crippen LogP contribution in [0, 0.1) is 0 Å². The molecule has 0 aromatic rings. The van der Waals surface area contributed by atoms with E-state index < -0.39 is 0 Å². The van der Waals surface area contributed by atoms with Gasteiger partial charge in [0, 0.05) is 5.70 Å². The van der Waals surface area contributed by atoms with Crippen molar-refractivity contribution in [2.75, 3.05) is 0 Å². The van der Waals surface area contributed by atoms with E-state index in [1.807, 2.05) is 6.08 Å². The van der Waals surface area contributed by atoms with E-state index in [9.17, 15) is 4.79 Å². The highest BCUT2D eigenvalue weighted by atomic mass is 16.1. The van der Waals surface area contributed by atoms with Gasteiger partial charge in [-0.1, -0.05) is 6.08 Å². The van der Waals surface area contributed by atoms with Gasteiger partial charge < -0.3 is 10.5 Å². The smallest absolute Gasteiger partial charge is 0.347 e. The standard InChI is InChI=1S/C6H6BN2O/c10-5-3-1-2-4-6(5)9-7-8-4/h1-3,6,8-9H. The van der Waals surface area contributed by atoms with Gasteiger partial charge in [0.05, 0.1) is 0 Å². The summed E-state index contributed by atoms with van der Waals surface area (Å²) in [5.41, 5.74) is 0.938. The average molecular weight is 133 g/mol. The summed E-state index contributed by atoms with van der Waals surface area (Å²) in [4.78, 5) is 11.0. The Hall–Kier alpha value is -1.03. The van der Waals surface area contributed by atoms with E-state index in [0.717, 1.165) is 5.70 Å². The summed E-state index contributed by atoms with van der Waals surface area (Å²) in [5, 5.41) is 5.84. The molecule has 49 valence electrons. The Labute approximate surface area is 59.5 Å². The highest BCUT2D eigenvalue weighted by Crippen LogP contribution is 2.09. The molecule has 0 aromatic carbocycles. The fraction of sp³-hybridized carbons (Fsp3) is 0.167. The van der Waals surface area contributed by atoms with E-state index in [2.05, 4.69) is 10.5 Å². The van der Waals surface area contributed by atoms with Crippen molar-refractivity contribution in [1.29, 1.82) is 0 Å². The molecule has 4 heteroatoms. The normalized spacial score (nSPS) is 28.6. The van der Waals surface area contributed by atoms with Crippen LogP contribution >= 0.6 is 0 Å². The third-order valence-electron chi connectivity index (χ3n) is 1.62. The maximum absolute atomic E-state index is 11.0. The Morgan fingerprint density at radius 3 is 3.30 bits per heavy atom. The third kappa shape index (κ3) is 0.692. The van der Waals surface area contributed by atoms with Gasteiger partial charge in [-0.15, -0.1) is 0 Å². The molecule has 1 saturated heterocycles. The van der Waals surface area contributed by atoms with Gasteiger partial charge in [0.15, 0.2) is 5.78 Å². The highest BCUT2D eigenvalue weighted by Gasteiger charge is 2.27. The zero-order valence-electron chi connectivity index (χ0n) is 5.29. The molecule has 1 aliphatic carbocycles. The predicted molar refractivity (Wildman–Crippen MR) is 38.0 cm³/mol. The van der Waals surface area contributed by atoms with Crippen LogP contribution in [0.1, 0.15) is 0 Å². The molecule has 0 bridgehead atoms. The van der Waals surface area contributed by atoms with Crippen LogP contribution < -0.4 is 10.5 Å². The Bertz CT molecular complexity index is 234. The SMILES string of the molecule is O=C1C=CC=C2N[B]NC12. The minimum Gasteiger partial charge on any atom is -0.419 e. The summed E-state index contributed by atoms with van der Waals surface area (Å²) in [6.07, 6.45) is 5.21. The van der Waals surface area contributed by atoms with Crippen molar-refractivity contribution in [2.45, 2.75) is 6.04 Å². The first kappa shape index (κ1) is 5.74. The molecule has 1 unspecified atom stereocenters. The monoisotopic (exact) mass is 133 g/mol. The van der Waals surface area contributed by atoms with Crippen LogP contribution in [0.15, 0.2) is 23.9 Å². The fourth-order valence-corrected chi connectivity index (χ4v) is 1.10. The maximum Gasteiger partial charge on any atom is 0.347 e. The summed E-state index contributed by atoms with van der Waals surface area (Å²) < 4.78 is 0. The van der Waals surface area contributed by atoms with E-state index in [1.165, 1.54) is 0 Å². The molecular formula is C6H6BN2O. The van der Waals surface area contributed by atoms with Crippen LogP contribution in [0.5, 0.6) is 0 Å². The zero-order chi connectivity index (χ0) is 6.97. The number of carbonyl (C=O) groups is 1. The van der Waals surface area contributed by atoms with E-state index in [0.29, 0.717) is 0 Å². The first-order chi connectivity index (χ1) is 4.88. The molecular weight excluding hydrogens is 127 g/mol. The molecule has 0 saturated carbocycles. The first-order valence-electron chi connectivity index (χ1n) is 3.14. The van der Waals surface area contributed by atoms with E-state index in [4.69, 9.17) is 0 Å². The molecule has 1 aliphatic heterocycles. The molecule has 1 atom stereocenters. The zero-order valence-corrected chi connectivity index (χ0v) is 5.29. The first-order valence-corrected chi connectivity index (χ1v) is 3.14. The molecule has 1 radical (unpaired) electrons. The number of ketones is 1. The van der Waals surface area contributed by atoms with Gasteiger partial charge >= 0.3 is 7.55 Å². The summed E-state index contributed by atoms with van der Waals surface area (Å²) >= 11 is 0. The second-order valence-electron chi connectivity index (χ2n) is 2.27. The molecule has 2 aliphatic rings. The number of carbonyl (C=O) groups excluding carboxylic acids is 1. The average Bonchev–Trinajstić information content (AvgIpc) is 2.36. The van der Waals surface area contributed by atoms with Crippen LogP contribution in [0.3, 0.4) is 0 Å². The van der Waals surface area contributed by atoms with Gasteiger partial charge in [0.25, 0.3) is 0 Å². The number of rotatable bonds is 0. The number of fused-ring (bicyclic) bond motifs is 1. The minimum atomic E-state index is -0.148. The van der Waals surface area contributed by atoms with Crippen LogP contribution in [0.4, 0.5) is 0 Å². The van der Waals surface area contributed by atoms with Gasteiger partial charge in [0.2, 0.25) is 0 Å². The van der Waals surface area contributed by atoms with Gasteiger partial charge in [-0.05, 0) is 12.2 Å². The van der Waals surface area contributed by atoms with Crippen molar-refractivity contribution in [3.05, 3.63) is 23.9 Å². The lowest BCUT2D eigenvalue weighted by molar-refractivity contribution is -0.115. The molecule has 0 amide bonds. The summed E-state index contributed by atoms with van der Waals surface area (Å²) in [6, 6.07) is -0.148. The lowest BCUT2D eigenvalue weighted by Crippen LogP contribution is -2.32. The topological polar surface area (TPSA) is 41.1 Å². The van der Waals surface area contributed by atoms with Crippen molar-refractivity contribution in [1.82, 2.24) is 10.5 Å². The largest absolute Gasteiger partial charge is 0.419 e. The van der Waals surface area contributed by atoms with Crippen molar-refractivity contribution in [3.63, 3.8) is 0 Å². The lowest BCUT2D eigenvalue weighted by atomic mass is 10.1. The molecule has 0 spiro atoms. The minimum absolute atomic E-state index is 0.110. The molecule has 1 heterocycles. The lowest BCUT2D eigenvalue weighted by Gasteiger charge is -2.10. The van der Waals surface area contributed by atoms with E-state index >= 15 is 0 Å². The van der Waals surface area contributed by atoms with Gasteiger partial charge in [0.1, 0.15) is 6.04 Å². The van der Waals surface area contributed by atoms with E-state index in [-0.39, 0.29) is 11.8 Å². The third-order valence-corrected chi connectivity index (χ3v) is 1.62. The van der Waals surface area contributed by atoms with Crippen LogP contribution in [-0.4, -0.2) is 19.4 Å². The van der Waals surface area contributed by atoms with Gasteiger partial charge in [-0.3, -0.25) is 4.79 Å². The Kier molecular flexibility index (Phi) is 1.14. The Balaban J connectivity index is 2.33. The van der Waals surface area contributed by atoms with Crippen molar-refractivity contribution in [2.24, 2.45) is 0 Å². The number of hydrogen-bond donors (Lipinski definition) is 2. The second kappa shape index (κ2) is 1.99. The molecule has 3 nitrogen and oxygen atoms in total. The van der Waals surface area contributed by atoms with Gasteiger partial charge in [-0.2, -0.15) is 0 Å². The van der Waals surface area contributed by atoms with Crippen molar-refractivity contribution < 1.29 is 4.79 Å². The Morgan fingerprint density at radius 2 is 2.50 bits per heavy atom. The molecule has 1 fully saturated rings. The fourth-order valence-electron chi connectivity index (χ4n) is 1.10. The van der Waals surface area contributed by atoms with Crippen molar-refractivity contribution in [3.8, 4) is 0 Å². The van der Waals surface area contributed by atoms with Crippen LogP contribution in [0.2, 0.25) is 0 Å². The van der Waals surface area contributed by atoms with Crippen LogP contribution in [0.25, 0.3) is 0 Å². The molecule has 10 heavy (non-hydrogen) atoms. The quantitative estimate of drug-likeness (QED) is 0.421. The van der Waals surface area contributed by atoms with E-state index in [1.54, 1.807) is 19.7 Å². The Morgan fingerprint density at radius 1 is 1.60 bits per heavy atom. The number of hydrogen-bond acceptors (Lipinski definition) is 3. The summed E-state index contributed by atoms with van der Waals surface area (Å²) in [7, 11) is 1.68. The summed E-state index contributed by atoms with van der Waals surface area (Å²) in [6.45, 7) is 0. The number of nitrogens with one attached hydrogen (secondary N) is 2. The van der Waals surface area contributed by atoms with Crippen molar-refractivity contribution >= 4 is 13.3 Å². The highest BCUT2D eigenvalue weighted by molar-refractivity contribution is 6.33. The summed E-state index contributed by atoms with van der Waals surface area (Å²) in [5.74, 6) is 0.110. The molecule has 2 N–H and O–H groups in total. The predicted octanol–water partition coefficient (Wildman–Crippen LogP) is -0.895. The molecule has 2 rings (SSSR count). The number of allylic oxidation sites excluding steroid dienone is 2.